The van der Waals surface area contributed by atoms with Crippen LogP contribution in [0, 0.1) is 11.3 Å². The normalized spacial score (nSPS) is 11.6. The molecule has 5 nitrogen and oxygen atoms in total. The predicted octanol–water partition coefficient (Wildman–Crippen LogP) is 1.49. The molecule has 1 aromatic rings. The molecule has 0 saturated carbocycles. The van der Waals surface area contributed by atoms with Crippen molar-refractivity contribution in [1.82, 2.24) is 15.6 Å². The highest BCUT2D eigenvalue weighted by molar-refractivity contribution is 5.97. The number of aromatic nitrogens is 1. The Hall–Kier alpha value is -2.35. The van der Waals surface area contributed by atoms with E-state index in [0.29, 0.717) is 6.54 Å². The lowest BCUT2D eigenvalue weighted by molar-refractivity contribution is -0.118. The van der Waals surface area contributed by atoms with Gasteiger partial charge in [-0.1, -0.05) is 6.07 Å². The number of carbonyl (C=O) groups excluding carboxylic acids is 1. The number of rotatable bonds is 4. The van der Waals surface area contributed by atoms with E-state index in [-0.39, 0.29) is 17.0 Å². The van der Waals surface area contributed by atoms with Crippen molar-refractivity contribution in [2.45, 2.75) is 32.9 Å². The Bertz CT molecular complexity index is 494. The van der Waals surface area contributed by atoms with Crippen LogP contribution in [0.4, 0.5) is 0 Å². The van der Waals surface area contributed by atoms with Crippen molar-refractivity contribution < 1.29 is 4.79 Å². The molecule has 0 aliphatic heterocycles. The van der Waals surface area contributed by atoms with Crippen LogP contribution in [0.3, 0.4) is 0 Å². The van der Waals surface area contributed by atoms with Crippen LogP contribution in [-0.4, -0.2) is 16.4 Å². The van der Waals surface area contributed by atoms with Crippen molar-refractivity contribution in [3.8, 4) is 6.07 Å². The van der Waals surface area contributed by atoms with Gasteiger partial charge in [-0.3, -0.25) is 9.78 Å². The van der Waals surface area contributed by atoms with Crippen LogP contribution in [0.2, 0.25) is 0 Å². The third-order valence-corrected chi connectivity index (χ3v) is 2.13. The highest BCUT2D eigenvalue weighted by Gasteiger charge is 2.16. The zero-order valence-electron chi connectivity index (χ0n) is 11.4. The first kappa shape index (κ1) is 14.7. The van der Waals surface area contributed by atoms with Crippen molar-refractivity contribution in [2.24, 2.45) is 0 Å². The van der Waals surface area contributed by atoms with E-state index in [4.69, 9.17) is 5.26 Å². The molecule has 1 amide bonds. The molecule has 1 rings (SSSR count). The lowest BCUT2D eigenvalue weighted by Crippen LogP contribution is -2.41. The Morgan fingerprint density at radius 3 is 2.79 bits per heavy atom. The number of hydrogen-bond donors (Lipinski definition) is 2. The van der Waals surface area contributed by atoms with Crippen LogP contribution >= 0.6 is 0 Å². The third kappa shape index (κ3) is 5.68. The highest BCUT2D eigenvalue weighted by atomic mass is 16.1. The zero-order valence-corrected chi connectivity index (χ0v) is 11.4. The molecule has 0 aliphatic rings. The van der Waals surface area contributed by atoms with E-state index in [1.54, 1.807) is 12.4 Å². The van der Waals surface area contributed by atoms with Gasteiger partial charge in [-0.25, -0.2) is 0 Å². The van der Waals surface area contributed by atoms with Crippen LogP contribution in [0.5, 0.6) is 0 Å². The largest absolute Gasteiger partial charge is 0.386 e. The first-order chi connectivity index (χ1) is 8.92. The maximum absolute atomic E-state index is 11.8. The van der Waals surface area contributed by atoms with E-state index in [9.17, 15) is 4.79 Å². The molecule has 19 heavy (non-hydrogen) atoms. The van der Waals surface area contributed by atoms with Gasteiger partial charge in [0.2, 0.25) is 0 Å². The second kappa shape index (κ2) is 6.55. The molecule has 0 unspecified atom stereocenters. The van der Waals surface area contributed by atoms with Gasteiger partial charge < -0.3 is 10.6 Å². The van der Waals surface area contributed by atoms with Crippen molar-refractivity contribution in [3.63, 3.8) is 0 Å². The summed E-state index contributed by atoms with van der Waals surface area (Å²) >= 11 is 0. The van der Waals surface area contributed by atoms with Crippen LogP contribution in [0.1, 0.15) is 26.3 Å². The van der Waals surface area contributed by atoms with Gasteiger partial charge in [-0.15, -0.1) is 0 Å². The average Bonchev–Trinajstić information content (AvgIpc) is 2.33. The summed E-state index contributed by atoms with van der Waals surface area (Å²) in [4.78, 5) is 15.8. The summed E-state index contributed by atoms with van der Waals surface area (Å²) in [5.41, 5.74) is 0.669. The van der Waals surface area contributed by atoms with E-state index < -0.39 is 0 Å². The quantitative estimate of drug-likeness (QED) is 0.633. The number of carbonyl (C=O) groups is 1. The molecule has 0 spiro atoms. The van der Waals surface area contributed by atoms with E-state index >= 15 is 0 Å². The lowest BCUT2D eigenvalue weighted by atomic mass is 10.1. The van der Waals surface area contributed by atoms with Crippen molar-refractivity contribution in [1.29, 1.82) is 5.26 Å². The van der Waals surface area contributed by atoms with E-state index in [0.717, 1.165) is 5.56 Å². The van der Waals surface area contributed by atoms with Gasteiger partial charge in [0, 0.05) is 30.7 Å². The minimum absolute atomic E-state index is 0.0545. The Morgan fingerprint density at radius 1 is 1.53 bits per heavy atom. The SMILES string of the molecule is CC(C)(C)NC(=O)/C(C#N)=C\NCc1cccnc1. The Labute approximate surface area is 113 Å². The van der Waals surface area contributed by atoms with Gasteiger partial charge in [0.15, 0.2) is 0 Å². The predicted molar refractivity (Wildman–Crippen MR) is 72.7 cm³/mol. The van der Waals surface area contributed by atoms with Gasteiger partial charge in [0.05, 0.1) is 0 Å². The summed E-state index contributed by atoms with van der Waals surface area (Å²) < 4.78 is 0. The van der Waals surface area contributed by atoms with Crippen molar-refractivity contribution >= 4 is 5.91 Å². The van der Waals surface area contributed by atoms with Gasteiger partial charge in [0.25, 0.3) is 5.91 Å². The average molecular weight is 258 g/mol. The number of nitrogens with zero attached hydrogens (tertiary/aromatic N) is 2. The second-order valence-electron chi connectivity index (χ2n) is 5.12. The summed E-state index contributed by atoms with van der Waals surface area (Å²) in [5, 5.41) is 14.6. The molecule has 0 aliphatic carbocycles. The Kier molecular flexibility index (Phi) is 5.07. The molecule has 1 heterocycles. The summed E-state index contributed by atoms with van der Waals surface area (Å²) in [6.07, 6.45) is 4.84. The van der Waals surface area contributed by atoms with E-state index in [1.807, 2.05) is 39.0 Å². The second-order valence-corrected chi connectivity index (χ2v) is 5.12. The minimum Gasteiger partial charge on any atom is -0.386 e. The van der Waals surface area contributed by atoms with Crippen LogP contribution in [0.15, 0.2) is 36.3 Å². The smallest absolute Gasteiger partial charge is 0.263 e. The van der Waals surface area contributed by atoms with Crippen molar-refractivity contribution in [2.75, 3.05) is 0 Å². The maximum Gasteiger partial charge on any atom is 0.263 e. The molecule has 100 valence electrons. The number of pyridine rings is 1. The molecule has 0 saturated heterocycles. The molecule has 2 N–H and O–H groups in total. The minimum atomic E-state index is -0.381. The molecule has 0 atom stereocenters. The molecule has 0 bridgehead atoms. The first-order valence-electron chi connectivity index (χ1n) is 5.97. The number of hydrogen-bond acceptors (Lipinski definition) is 4. The molecule has 1 aromatic heterocycles. The maximum atomic E-state index is 11.8. The first-order valence-corrected chi connectivity index (χ1v) is 5.97. The summed E-state index contributed by atoms with van der Waals surface area (Å²) in [7, 11) is 0. The number of nitriles is 1. The molecule has 0 aromatic carbocycles. The Balaban J connectivity index is 2.58. The fourth-order valence-electron chi connectivity index (χ4n) is 1.33. The number of amides is 1. The Morgan fingerprint density at radius 2 is 2.26 bits per heavy atom. The topological polar surface area (TPSA) is 77.8 Å². The zero-order chi connectivity index (χ0) is 14.3. The van der Waals surface area contributed by atoms with Crippen LogP contribution in [-0.2, 0) is 11.3 Å². The van der Waals surface area contributed by atoms with Crippen LogP contribution in [0.25, 0.3) is 0 Å². The summed E-state index contributed by atoms with van der Waals surface area (Å²) in [6.45, 7) is 6.11. The fraction of sp³-hybridized carbons (Fsp3) is 0.357. The third-order valence-electron chi connectivity index (χ3n) is 2.13. The van der Waals surface area contributed by atoms with Gasteiger partial charge >= 0.3 is 0 Å². The highest BCUT2D eigenvalue weighted by Crippen LogP contribution is 2.02. The van der Waals surface area contributed by atoms with Gasteiger partial charge in [0.1, 0.15) is 11.6 Å². The van der Waals surface area contributed by atoms with Crippen LogP contribution < -0.4 is 10.6 Å². The summed E-state index contributed by atoms with van der Waals surface area (Å²) in [6, 6.07) is 5.63. The van der Waals surface area contributed by atoms with E-state index in [2.05, 4.69) is 15.6 Å². The molecule has 0 radical (unpaired) electrons. The number of nitrogens with one attached hydrogen (secondary N) is 2. The molecular formula is C14H18N4O. The lowest BCUT2D eigenvalue weighted by Gasteiger charge is -2.20. The van der Waals surface area contributed by atoms with Gasteiger partial charge in [-0.2, -0.15) is 5.26 Å². The molecular weight excluding hydrogens is 240 g/mol. The van der Waals surface area contributed by atoms with Gasteiger partial charge in [-0.05, 0) is 32.4 Å². The van der Waals surface area contributed by atoms with E-state index in [1.165, 1.54) is 6.20 Å². The monoisotopic (exact) mass is 258 g/mol. The standard InChI is InChI=1S/C14H18N4O/c1-14(2,3)18-13(19)12(7-15)10-17-9-11-5-4-6-16-8-11/h4-6,8,10,17H,9H2,1-3H3,(H,18,19)/b12-10-. The summed E-state index contributed by atoms with van der Waals surface area (Å²) in [5.74, 6) is -0.381. The molecule has 0 fully saturated rings. The van der Waals surface area contributed by atoms with Crippen molar-refractivity contribution in [3.05, 3.63) is 41.9 Å². The fourth-order valence-corrected chi connectivity index (χ4v) is 1.33. The molecule has 5 heteroatoms.